The van der Waals surface area contributed by atoms with Crippen molar-refractivity contribution in [1.82, 2.24) is 0 Å². The molecule has 0 amide bonds. The molecule has 1 N–H and O–H groups in total. The molecule has 60 valence electrons. The average Bonchev–Trinajstić information content (AvgIpc) is 1.60. The zero-order chi connectivity index (χ0) is 8.36. The van der Waals surface area contributed by atoms with Gasteiger partial charge in [-0.2, -0.15) is 12.6 Å². The second-order valence-electron chi connectivity index (χ2n) is 3.62. The number of carbonyl (C=O) groups is 1. The van der Waals surface area contributed by atoms with Gasteiger partial charge in [-0.15, -0.1) is 0 Å². The molecule has 0 aliphatic carbocycles. The quantitative estimate of drug-likeness (QED) is 0.608. The van der Waals surface area contributed by atoms with E-state index < -0.39 is 11.2 Å². The lowest BCUT2D eigenvalue weighted by molar-refractivity contribution is -0.136. The normalized spacial score (nSPS) is 14.8. The first kappa shape index (κ1) is 9.82. The van der Waals surface area contributed by atoms with Crippen LogP contribution >= 0.6 is 12.6 Å². The summed E-state index contributed by atoms with van der Waals surface area (Å²) in [5, 5.41) is 7.94. The van der Waals surface area contributed by atoms with Gasteiger partial charge in [0.1, 0.15) is 0 Å². The van der Waals surface area contributed by atoms with Crippen LogP contribution in [0.4, 0.5) is 0 Å². The van der Waals surface area contributed by atoms with Crippen molar-refractivity contribution in [2.24, 2.45) is 5.41 Å². The van der Waals surface area contributed by atoms with E-state index in [1.54, 1.807) is 0 Å². The van der Waals surface area contributed by atoms with Crippen LogP contribution in [0.1, 0.15) is 27.2 Å². The highest BCUT2D eigenvalue weighted by atomic mass is 32.1. The van der Waals surface area contributed by atoms with Crippen molar-refractivity contribution in [3.63, 3.8) is 0 Å². The largest absolute Gasteiger partial charge is 0.480 e. The molecule has 0 rings (SSSR count). The predicted octanol–water partition coefficient (Wildman–Crippen LogP) is 1.81. The fourth-order valence-corrected chi connectivity index (χ4v) is 1.22. The molecule has 0 spiro atoms. The van der Waals surface area contributed by atoms with Crippen LogP contribution < -0.4 is 0 Å². The van der Waals surface area contributed by atoms with Gasteiger partial charge in [0.05, 0.1) is 5.25 Å². The van der Waals surface area contributed by atoms with Gasteiger partial charge in [0.15, 0.2) is 0 Å². The third-order valence-electron chi connectivity index (χ3n) is 1.09. The van der Waals surface area contributed by atoms with E-state index in [2.05, 4.69) is 12.6 Å². The SMILES string of the molecule is CC(C)(C)CC(S)C(=O)O. The van der Waals surface area contributed by atoms with E-state index in [0.29, 0.717) is 6.42 Å². The van der Waals surface area contributed by atoms with E-state index >= 15 is 0 Å². The van der Waals surface area contributed by atoms with Crippen LogP contribution in [-0.4, -0.2) is 16.3 Å². The number of hydrogen-bond acceptors (Lipinski definition) is 2. The van der Waals surface area contributed by atoms with Crippen LogP contribution in [0.5, 0.6) is 0 Å². The second-order valence-corrected chi connectivity index (χ2v) is 4.24. The van der Waals surface area contributed by atoms with E-state index in [4.69, 9.17) is 5.11 Å². The van der Waals surface area contributed by atoms with E-state index in [-0.39, 0.29) is 5.41 Å². The summed E-state index contributed by atoms with van der Waals surface area (Å²) in [4.78, 5) is 10.3. The Balaban J connectivity index is 3.80. The number of aliphatic carboxylic acids is 1. The first-order chi connectivity index (χ1) is 4.33. The fraction of sp³-hybridized carbons (Fsp3) is 0.857. The molecule has 0 heterocycles. The lowest BCUT2D eigenvalue weighted by Gasteiger charge is -2.19. The molecular weight excluding hydrogens is 148 g/mol. The van der Waals surface area contributed by atoms with Crippen LogP contribution in [0.3, 0.4) is 0 Å². The highest BCUT2D eigenvalue weighted by molar-refractivity contribution is 7.81. The lowest BCUT2D eigenvalue weighted by atomic mass is 9.90. The molecule has 1 unspecified atom stereocenters. The summed E-state index contributed by atoms with van der Waals surface area (Å²) in [6.07, 6.45) is 0.603. The zero-order valence-corrected chi connectivity index (χ0v) is 7.48. The maximum absolute atomic E-state index is 10.3. The molecule has 0 aromatic carbocycles. The predicted molar refractivity (Wildman–Crippen MR) is 44.5 cm³/mol. The van der Waals surface area contributed by atoms with Gasteiger partial charge in [-0.25, -0.2) is 0 Å². The summed E-state index contributed by atoms with van der Waals surface area (Å²) in [5.74, 6) is -0.835. The minimum atomic E-state index is -0.835. The first-order valence-corrected chi connectivity index (χ1v) is 3.75. The van der Waals surface area contributed by atoms with Crippen molar-refractivity contribution in [3.05, 3.63) is 0 Å². The van der Waals surface area contributed by atoms with Gasteiger partial charge in [0.25, 0.3) is 0 Å². The van der Waals surface area contributed by atoms with Crippen molar-refractivity contribution in [2.75, 3.05) is 0 Å². The summed E-state index contributed by atoms with van der Waals surface area (Å²) < 4.78 is 0. The maximum atomic E-state index is 10.3. The van der Waals surface area contributed by atoms with Crippen LogP contribution in [-0.2, 0) is 4.79 Å². The molecule has 2 nitrogen and oxygen atoms in total. The Morgan fingerprint density at radius 2 is 2.00 bits per heavy atom. The molecule has 1 atom stereocenters. The van der Waals surface area contributed by atoms with Gasteiger partial charge in [0.2, 0.25) is 0 Å². The van der Waals surface area contributed by atoms with E-state index in [9.17, 15) is 4.79 Å². The van der Waals surface area contributed by atoms with Crippen LogP contribution in [0, 0.1) is 5.41 Å². The Kier molecular flexibility index (Phi) is 3.22. The van der Waals surface area contributed by atoms with Gasteiger partial charge in [0, 0.05) is 0 Å². The number of carboxylic acids is 1. The molecule has 0 bridgehead atoms. The molecular formula is C7H14O2S. The van der Waals surface area contributed by atoms with E-state index in [0.717, 1.165) is 0 Å². The fourth-order valence-electron chi connectivity index (χ4n) is 0.667. The smallest absolute Gasteiger partial charge is 0.316 e. The topological polar surface area (TPSA) is 37.3 Å². The van der Waals surface area contributed by atoms with Gasteiger partial charge < -0.3 is 5.11 Å². The van der Waals surface area contributed by atoms with Gasteiger partial charge in [-0.3, -0.25) is 4.79 Å². The van der Waals surface area contributed by atoms with Crippen molar-refractivity contribution >= 4 is 18.6 Å². The second kappa shape index (κ2) is 3.28. The maximum Gasteiger partial charge on any atom is 0.316 e. The molecule has 3 heteroatoms. The third kappa shape index (κ3) is 4.68. The standard InChI is InChI=1S/C7H14O2S/c1-7(2,3)4-5(10)6(8)9/h5,10H,4H2,1-3H3,(H,8,9). The summed E-state index contributed by atoms with van der Waals surface area (Å²) >= 11 is 3.92. The zero-order valence-electron chi connectivity index (χ0n) is 6.59. The first-order valence-electron chi connectivity index (χ1n) is 3.24. The minimum absolute atomic E-state index is 0.0464. The van der Waals surface area contributed by atoms with Crippen molar-refractivity contribution in [2.45, 2.75) is 32.4 Å². The van der Waals surface area contributed by atoms with Gasteiger partial charge >= 0.3 is 5.97 Å². The highest BCUT2D eigenvalue weighted by Crippen LogP contribution is 2.23. The van der Waals surface area contributed by atoms with Crippen LogP contribution in [0.25, 0.3) is 0 Å². The number of hydrogen-bond donors (Lipinski definition) is 2. The van der Waals surface area contributed by atoms with Crippen molar-refractivity contribution in [3.8, 4) is 0 Å². The van der Waals surface area contributed by atoms with Gasteiger partial charge in [-0.1, -0.05) is 20.8 Å². The molecule has 10 heavy (non-hydrogen) atoms. The minimum Gasteiger partial charge on any atom is -0.480 e. The van der Waals surface area contributed by atoms with Crippen molar-refractivity contribution < 1.29 is 9.90 Å². The Labute approximate surface area is 67.0 Å². The Morgan fingerprint density at radius 3 is 2.10 bits per heavy atom. The molecule has 0 aliphatic heterocycles. The molecule has 0 aromatic rings. The highest BCUT2D eigenvalue weighted by Gasteiger charge is 2.20. The molecule has 0 aliphatic rings. The number of carboxylic acid groups (broad SMARTS) is 1. The average molecular weight is 162 g/mol. The monoisotopic (exact) mass is 162 g/mol. The molecule has 0 aromatic heterocycles. The van der Waals surface area contributed by atoms with E-state index in [1.165, 1.54) is 0 Å². The van der Waals surface area contributed by atoms with Gasteiger partial charge in [-0.05, 0) is 11.8 Å². The summed E-state index contributed by atoms with van der Waals surface area (Å²) in [5.41, 5.74) is 0.0464. The number of thiol groups is 1. The molecule has 0 saturated heterocycles. The van der Waals surface area contributed by atoms with Crippen LogP contribution in [0.2, 0.25) is 0 Å². The molecule has 0 fully saturated rings. The molecule has 0 radical (unpaired) electrons. The Morgan fingerprint density at radius 1 is 1.60 bits per heavy atom. The number of rotatable bonds is 2. The Hall–Kier alpha value is -0.180. The van der Waals surface area contributed by atoms with E-state index in [1.807, 2.05) is 20.8 Å². The Bertz CT molecular complexity index is 126. The lowest BCUT2D eigenvalue weighted by Crippen LogP contribution is -2.20. The molecule has 0 saturated carbocycles. The van der Waals surface area contributed by atoms with Crippen molar-refractivity contribution in [1.29, 1.82) is 0 Å². The summed E-state index contributed by atoms with van der Waals surface area (Å²) in [6, 6.07) is 0. The summed E-state index contributed by atoms with van der Waals surface area (Å²) in [6.45, 7) is 6.00. The van der Waals surface area contributed by atoms with Crippen LogP contribution in [0.15, 0.2) is 0 Å². The third-order valence-corrected chi connectivity index (χ3v) is 1.49. The summed E-state index contributed by atoms with van der Waals surface area (Å²) in [7, 11) is 0.